The van der Waals surface area contributed by atoms with Crippen molar-refractivity contribution in [3.8, 4) is 17.2 Å². The van der Waals surface area contributed by atoms with Crippen LogP contribution in [-0.2, 0) is 9.59 Å². The standard InChI is InChI=1S/C25H27NO5/c1-14(2)31-22-9-6-16(12-23(22)30-3)17-10-20-25(21(28)11-17)19(13-24(29)26-20)15-4-7-18(27)8-5-15/h4-9,12,14,17,19,27H,10-11,13H2,1-3H3,(H,26,29). The van der Waals surface area contributed by atoms with Gasteiger partial charge >= 0.3 is 0 Å². The number of aromatic hydroxyl groups is 1. The van der Waals surface area contributed by atoms with Gasteiger partial charge in [0.25, 0.3) is 0 Å². The number of benzene rings is 2. The number of carbonyl (C=O) groups excluding carboxylic acids is 2. The second-order valence-corrected chi connectivity index (χ2v) is 8.39. The number of ether oxygens (including phenoxy) is 2. The summed E-state index contributed by atoms with van der Waals surface area (Å²) in [5.74, 6) is 1.08. The summed E-state index contributed by atoms with van der Waals surface area (Å²) in [5.41, 5.74) is 3.24. The lowest BCUT2D eigenvalue weighted by molar-refractivity contribution is -0.122. The van der Waals surface area contributed by atoms with Crippen molar-refractivity contribution < 1.29 is 24.2 Å². The molecule has 1 aliphatic heterocycles. The van der Waals surface area contributed by atoms with Crippen molar-refractivity contribution in [1.82, 2.24) is 5.32 Å². The van der Waals surface area contributed by atoms with E-state index in [1.54, 1.807) is 31.4 Å². The fraction of sp³-hybridized carbons (Fsp3) is 0.360. The minimum absolute atomic E-state index is 0.0259. The van der Waals surface area contributed by atoms with Gasteiger partial charge in [0, 0.05) is 30.0 Å². The normalized spacial score (nSPS) is 21.0. The van der Waals surface area contributed by atoms with Gasteiger partial charge in [-0.25, -0.2) is 0 Å². The Morgan fingerprint density at radius 1 is 0.968 bits per heavy atom. The van der Waals surface area contributed by atoms with E-state index in [0.717, 1.165) is 11.1 Å². The quantitative estimate of drug-likeness (QED) is 0.756. The first-order chi connectivity index (χ1) is 14.9. The fourth-order valence-electron chi connectivity index (χ4n) is 4.48. The first kappa shape index (κ1) is 21.0. The minimum atomic E-state index is -0.283. The third-order valence-electron chi connectivity index (χ3n) is 5.85. The van der Waals surface area contributed by atoms with Crippen LogP contribution in [0.4, 0.5) is 0 Å². The SMILES string of the molecule is COc1cc(C2CC(=O)C3=C(C2)NC(=O)CC3c2ccc(O)cc2)ccc1OC(C)C. The molecule has 31 heavy (non-hydrogen) atoms. The molecule has 0 aromatic heterocycles. The van der Waals surface area contributed by atoms with Gasteiger partial charge in [-0.1, -0.05) is 18.2 Å². The highest BCUT2D eigenvalue weighted by Crippen LogP contribution is 2.44. The molecule has 0 fully saturated rings. The maximum atomic E-state index is 13.2. The fourth-order valence-corrected chi connectivity index (χ4v) is 4.48. The van der Waals surface area contributed by atoms with Crippen LogP contribution in [0.25, 0.3) is 0 Å². The van der Waals surface area contributed by atoms with E-state index in [0.29, 0.717) is 35.6 Å². The van der Waals surface area contributed by atoms with Gasteiger partial charge < -0.3 is 19.9 Å². The van der Waals surface area contributed by atoms with Crippen LogP contribution in [0.15, 0.2) is 53.7 Å². The number of allylic oxidation sites excluding steroid dienone is 2. The minimum Gasteiger partial charge on any atom is -0.508 e. The van der Waals surface area contributed by atoms with Gasteiger partial charge in [0.05, 0.1) is 13.2 Å². The lowest BCUT2D eigenvalue weighted by Crippen LogP contribution is -2.38. The van der Waals surface area contributed by atoms with Crippen LogP contribution in [0.3, 0.4) is 0 Å². The van der Waals surface area contributed by atoms with E-state index in [1.165, 1.54) is 0 Å². The Balaban J connectivity index is 1.65. The Kier molecular flexibility index (Phi) is 5.72. The molecule has 2 atom stereocenters. The summed E-state index contributed by atoms with van der Waals surface area (Å²) in [6.07, 6.45) is 1.21. The number of hydrogen-bond donors (Lipinski definition) is 2. The zero-order chi connectivity index (χ0) is 22.1. The molecule has 1 amide bonds. The number of rotatable bonds is 5. The van der Waals surface area contributed by atoms with Gasteiger partial charge in [0.2, 0.25) is 5.91 Å². The molecule has 2 aliphatic rings. The number of phenolic OH excluding ortho intramolecular Hbond substituents is 1. The number of nitrogens with one attached hydrogen (secondary N) is 1. The third-order valence-corrected chi connectivity index (χ3v) is 5.85. The summed E-state index contributed by atoms with van der Waals surface area (Å²) in [6.45, 7) is 3.91. The second-order valence-electron chi connectivity index (χ2n) is 8.39. The van der Waals surface area contributed by atoms with Crippen molar-refractivity contribution in [3.05, 3.63) is 64.9 Å². The molecule has 1 aliphatic carbocycles. The largest absolute Gasteiger partial charge is 0.508 e. The van der Waals surface area contributed by atoms with Crippen LogP contribution >= 0.6 is 0 Å². The van der Waals surface area contributed by atoms with E-state index in [4.69, 9.17) is 9.47 Å². The number of ketones is 1. The van der Waals surface area contributed by atoms with Gasteiger partial charge in [-0.3, -0.25) is 9.59 Å². The van der Waals surface area contributed by atoms with Crippen LogP contribution < -0.4 is 14.8 Å². The van der Waals surface area contributed by atoms with Gasteiger partial charge in [0.15, 0.2) is 17.3 Å². The lowest BCUT2D eigenvalue weighted by Gasteiger charge is -2.34. The van der Waals surface area contributed by atoms with Crippen LogP contribution in [0, 0.1) is 0 Å². The molecule has 1 heterocycles. The summed E-state index contributed by atoms with van der Waals surface area (Å²) in [7, 11) is 1.60. The zero-order valence-corrected chi connectivity index (χ0v) is 18.0. The predicted octanol–water partition coefficient (Wildman–Crippen LogP) is 4.19. The molecule has 6 heteroatoms. The van der Waals surface area contributed by atoms with Crippen molar-refractivity contribution in [2.24, 2.45) is 0 Å². The van der Waals surface area contributed by atoms with E-state index in [2.05, 4.69) is 5.32 Å². The molecule has 162 valence electrons. The molecule has 0 bridgehead atoms. The molecule has 4 rings (SSSR count). The lowest BCUT2D eigenvalue weighted by atomic mass is 9.73. The molecule has 6 nitrogen and oxygen atoms in total. The topological polar surface area (TPSA) is 84.9 Å². The Hall–Kier alpha value is -3.28. The van der Waals surface area contributed by atoms with Crippen molar-refractivity contribution in [2.75, 3.05) is 7.11 Å². The van der Waals surface area contributed by atoms with E-state index in [9.17, 15) is 14.7 Å². The Bertz CT molecular complexity index is 1040. The maximum absolute atomic E-state index is 13.2. The zero-order valence-electron chi connectivity index (χ0n) is 18.0. The first-order valence-corrected chi connectivity index (χ1v) is 10.5. The molecular weight excluding hydrogens is 394 g/mol. The highest BCUT2D eigenvalue weighted by Gasteiger charge is 2.38. The number of phenols is 1. The predicted molar refractivity (Wildman–Crippen MR) is 116 cm³/mol. The number of hydrogen-bond acceptors (Lipinski definition) is 5. The van der Waals surface area contributed by atoms with E-state index in [-0.39, 0.29) is 41.8 Å². The molecule has 0 saturated heterocycles. The summed E-state index contributed by atoms with van der Waals surface area (Å²) in [4.78, 5) is 25.6. The molecule has 0 saturated carbocycles. The molecule has 0 radical (unpaired) electrons. The molecule has 2 N–H and O–H groups in total. The number of amides is 1. The summed E-state index contributed by atoms with van der Waals surface area (Å²) >= 11 is 0. The summed E-state index contributed by atoms with van der Waals surface area (Å²) < 4.78 is 11.3. The first-order valence-electron chi connectivity index (χ1n) is 10.5. The van der Waals surface area contributed by atoms with Gasteiger partial charge in [-0.05, 0) is 61.6 Å². The number of methoxy groups -OCH3 is 1. The van der Waals surface area contributed by atoms with Crippen molar-refractivity contribution >= 4 is 11.7 Å². The van der Waals surface area contributed by atoms with E-state index < -0.39 is 0 Å². The number of carbonyl (C=O) groups is 2. The van der Waals surface area contributed by atoms with Crippen LogP contribution in [0.1, 0.15) is 56.1 Å². The average Bonchev–Trinajstić information content (AvgIpc) is 2.73. The van der Waals surface area contributed by atoms with Gasteiger partial charge in [0.1, 0.15) is 5.75 Å². The van der Waals surface area contributed by atoms with Crippen molar-refractivity contribution in [2.45, 2.75) is 51.0 Å². The molecule has 2 aromatic carbocycles. The highest BCUT2D eigenvalue weighted by molar-refractivity contribution is 6.02. The maximum Gasteiger partial charge on any atom is 0.225 e. The van der Waals surface area contributed by atoms with Gasteiger partial charge in [-0.2, -0.15) is 0 Å². The van der Waals surface area contributed by atoms with Crippen molar-refractivity contribution in [1.29, 1.82) is 0 Å². The Morgan fingerprint density at radius 3 is 2.35 bits per heavy atom. The third kappa shape index (κ3) is 4.29. The van der Waals surface area contributed by atoms with Crippen LogP contribution in [0.5, 0.6) is 17.2 Å². The second kappa shape index (κ2) is 8.46. The number of Topliss-reactive ketones (excluding diaryl/α,β-unsaturated/α-hetero) is 1. The molecule has 2 aromatic rings. The van der Waals surface area contributed by atoms with E-state index >= 15 is 0 Å². The van der Waals surface area contributed by atoms with Crippen LogP contribution in [-0.4, -0.2) is 30.0 Å². The summed E-state index contributed by atoms with van der Waals surface area (Å²) in [5, 5.41) is 12.5. The molecule has 0 spiro atoms. The van der Waals surface area contributed by atoms with Crippen molar-refractivity contribution in [3.63, 3.8) is 0 Å². The van der Waals surface area contributed by atoms with E-state index in [1.807, 2.05) is 32.0 Å². The highest BCUT2D eigenvalue weighted by atomic mass is 16.5. The Labute approximate surface area is 181 Å². The Morgan fingerprint density at radius 2 is 1.68 bits per heavy atom. The monoisotopic (exact) mass is 421 g/mol. The molecule has 2 unspecified atom stereocenters. The average molecular weight is 421 g/mol. The van der Waals surface area contributed by atoms with Gasteiger partial charge in [-0.15, -0.1) is 0 Å². The smallest absolute Gasteiger partial charge is 0.225 e. The summed E-state index contributed by atoms with van der Waals surface area (Å²) in [6, 6.07) is 12.5. The molecular formula is C25H27NO5. The van der Waals surface area contributed by atoms with Crippen LogP contribution in [0.2, 0.25) is 0 Å².